The summed E-state index contributed by atoms with van der Waals surface area (Å²) in [7, 11) is 1.55. The van der Waals surface area contributed by atoms with Gasteiger partial charge in [-0.2, -0.15) is 0 Å². The summed E-state index contributed by atoms with van der Waals surface area (Å²) < 4.78 is 10.5. The third-order valence-electron chi connectivity index (χ3n) is 4.06. The monoisotopic (exact) mass is 383 g/mol. The average molecular weight is 383 g/mol. The molecule has 0 saturated heterocycles. The van der Waals surface area contributed by atoms with Gasteiger partial charge in [0, 0.05) is 12.0 Å². The highest BCUT2D eigenvalue weighted by atomic mass is 32.2. The van der Waals surface area contributed by atoms with E-state index in [2.05, 4.69) is 0 Å². The zero-order valence-corrected chi connectivity index (χ0v) is 16.1. The number of imide groups is 1. The van der Waals surface area contributed by atoms with E-state index in [0.29, 0.717) is 29.3 Å². The van der Waals surface area contributed by atoms with Crippen LogP contribution in [-0.2, 0) is 14.3 Å². The average Bonchev–Trinajstić information content (AvgIpc) is 2.92. The Balaban J connectivity index is 1.99. The lowest BCUT2D eigenvalue weighted by atomic mass is 10.1. The zero-order chi connectivity index (χ0) is 19.2. The van der Waals surface area contributed by atoms with Crippen LogP contribution in [0.25, 0.3) is 5.57 Å². The first-order valence-corrected chi connectivity index (χ1v) is 9.53. The second-order valence-electron chi connectivity index (χ2n) is 5.83. The topological polar surface area (TPSA) is 55.8 Å². The van der Waals surface area contributed by atoms with Crippen LogP contribution in [0.5, 0.6) is 5.75 Å². The number of methoxy groups -OCH3 is 1. The molecule has 0 N–H and O–H groups in total. The van der Waals surface area contributed by atoms with Crippen LogP contribution >= 0.6 is 11.8 Å². The van der Waals surface area contributed by atoms with Crippen molar-refractivity contribution in [2.45, 2.75) is 11.8 Å². The van der Waals surface area contributed by atoms with Gasteiger partial charge in [0.2, 0.25) is 0 Å². The Morgan fingerprint density at radius 2 is 1.67 bits per heavy atom. The smallest absolute Gasteiger partial charge is 0.268 e. The van der Waals surface area contributed by atoms with Gasteiger partial charge >= 0.3 is 0 Å². The third-order valence-corrected chi connectivity index (χ3v) is 5.15. The molecule has 0 unspecified atom stereocenters. The van der Waals surface area contributed by atoms with Crippen molar-refractivity contribution in [3.63, 3.8) is 0 Å². The van der Waals surface area contributed by atoms with E-state index in [-0.39, 0.29) is 18.4 Å². The van der Waals surface area contributed by atoms with Crippen molar-refractivity contribution < 1.29 is 19.1 Å². The molecule has 5 nitrogen and oxygen atoms in total. The molecule has 0 spiro atoms. The molecule has 2 aromatic carbocycles. The van der Waals surface area contributed by atoms with Crippen molar-refractivity contribution >= 4 is 29.1 Å². The summed E-state index contributed by atoms with van der Waals surface area (Å²) in [5.74, 6) is 0.154. The summed E-state index contributed by atoms with van der Waals surface area (Å²) in [6, 6.07) is 16.8. The van der Waals surface area contributed by atoms with Gasteiger partial charge in [-0.1, -0.05) is 42.1 Å². The van der Waals surface area contributed by atoms with Gasteiger partial charge in [-0.3, -0.25) is 14.5 Å². The number of rotatable bonds is 8. The van der Waals surface area contributed by atoms with Crippen molar-refractivity contribution in [2.75, 3.05) is 26.9 Å². The van der Waals surface area contributed by atoms with E-state index in [1.54, 1.807) is 7.11 Å². The molecular weight excluding hydrogens is 362 g/mol. The van der Waals surface area contributed by atoms with Gasteiger partial charge in [-0.25, -0.2) is 0 Å². The van der Waals surface area contributed by atoms with Crippen LogP contribution in [-0.4, -0.2) is 43.6 Å². The summed E-state index contributed by atoms with van der Waals surface area (Å²) in [4.78, 5) is 28.5. The van der Waals surface area contributed by atoms with Gasteiger partial charge in [0.25, 0.3) is 11.8 Å². The van der Waals surface area contributed by atoms with Crippen LogP contribution in [0.15, 0.2) is 64.4 Å². The van der Waals surface area contributed by atoms with E-state index < -0.39 is 0 Å². The minimum atomic E-state index is -0.292. The highest BCUT2D eigenvalue weighted by molar-refractivity contribution is 8.04. The van der Waals surface area contributed by atoms with Gasteiger partial charge in [-0.15, -0.1) is 0 Å². The summed E-state index contributed by atoms with van der Waals surface area (Å²) in [6.07, 6.45) is 0. The van der Waals surface area contributed by atoms with Crippen molar-refractivity contribution in [3.05, 3.63) is 65.1 Å². The predicted octanol–water partition coefficient (Wildman–Crippen LogP) is 3.60. The van der Waals surface area contributed by atoms with Crippen molar-refractivity contribution in [1.29, 1.82) is 0 Å². The molecule has 1 aliphatic heterocycles. The molecule has 6 heteroatoms. The van der Waals surface area contributed by atoms with E-state index >= 15 is 0 Å². The first-order chi connectivity index (χ1) is 13.2. The minimum Gasteiger partial charge on any atom is -0.494 e. The van der Waals surface area contributed by atoms with E-state index in [0.717, 1.165) is 10.6 Å². The summed E-state index contributed by atoms with van der Waals surface area (Å²) in [5.41, 5.74) is 1.13. The van der Waals surface area contributed by atoms with Gasteiger partial charge in [-0.05, 0) is 36.8 Å². The lowest BCUT2D eigenvalue weighted by Crippen LogP contribution is -2.34. The van der Waals surface area contributed by atoms with Crippen LogP contribution in [0.2, 0.25) is 0 Å². The Kier molecular flexibility index (Phi) is 6.32. The molecule has 0 aliphatic carbocycles. The number of hydrogen-bond donors (Lipinski definition) is 0. The Morgan fingerprint density at radius 3 is 2.30 bits per heavy atom. The molecule has 3 rings (SSSR count). The number of ether oxygens (including phenoxy) is 2. The summed E-state index contributed by atoms with van der Waals surface area (Å²) >= 11 is 1.31. The molecule has 27 heavy (non-hydrogen) atoms. The normalized spacial score (nSPS) is 14.2. The number of amides is 2. The third kappa shape index (κ3) is 4.23. The summed E-state index contributed by atoms with van der Waals surface area (Å²) in [5, 5.41) is 0. The number of hydrogen-bond acceptors (Lipinski definition) is 5. The molecule has 2 amide bonds. The molecule has 0 radical (unpaired) electrons. The Labute approximate surface area is 163 Å². The second-order valence-corrected chi connectivity index (χ2v) is 6.92. The predicted molar refractivity (Wildman–Crippen MR) is 105 cm³/mol. The van der Waals surface area contributed by atoms with E-state index in [1.807, 2.05) is 61.5 Å². The zero-order valence-electron chi connectivity index (χ0n) is 15.3. The number of carbonyl (C=O) groups is 2. The van der Waals surface area contributed by atoms with Gasteiger partial charge in [0.15, 0.2) is 0 Å². The number of thioether (sulfide) groups is 1. The fourth-order valence-electron chi connectivity index (χ4n) is 2.78. The molecule has 0 atom stereocenters. The number of nitrogens with zero attached hydrogens (tertiary/aromatic N) is 1. The molecule has 0 aromatic heterocycles. The SMILES string of the molecule is CCOc1ccc(C2=C(Sc3ccccc3)C(=O)N(CCOC)C2=O)cc1. The molecule has 0 bridgehead atoms. The largest absolute Gasteiger partial charge is 0.494 e. The molecule has 2 aromatic rings. The quantitative estimate of drug-likeness (QED) is 0.652. The van der Waals surface area contributed by atoms with Crippen LogP contribution in [0.1, 0.15) is 12.5 Å². The van der Waals surface area contributed by atoms with E-state index in [9.17, 15) is 9.59 Å². The molecule has 1 aliphatic rings. The molecule has 0 fully saturated rings. The van der Waals surface area contributed by atoms with Crippen molar-refractivity contribution in [3.8, 4) is 5.75 Å². The maximum Gasteiger partial charge on any atom is 0.268 e. The van der Waals surface area contributed by atoms with Crippen LogP contribution in [0.3, 0.4) is 0 Å². The Hall–Kier alpha value is -2.57. The molecule has 1 heterocycles. The van der Waals surface area contributed by atoms with Gasteiger partial charge in [0.05, 0.1) is 30.2 Å². The number of benzene rings is 2. The summed E-state index contributed by atoms with van der Waals surface area (Å²) in [6.45, 7) is 3.02. The van der Waals surface area contributed by atoms with Crippen LogP contribution in [0.4, 0.5) is 0 Å². The highest BCUT2D eigenvalue weighted by Gasteiger charge is 2.39. The Bertz CT molecular complexity index is 846. The van der Waals surface area contributed by atoms with Gasteiger partial charge in [0.1, 0.15) is 5.75 Å². The standard InChI is InChI=1S/C21H21NO4S/c1-3-26-16-11-9-15(10-12-16)18-19(27-17-7-5-4-6-8-17)21(24)22(20(18)23)13-14-25-2/h4-12H,3,13-14H2,1-2H3. The van der Waals surface area contributed by atoms with E-state index in [1.165, 1.54) is 16.7 Å². The number of carbonyl (C=O) groups excluding carboxylic acids is 2. The van der Waals surface area contributed by atoms with Gasteiger partial charge < -0.3 is 9.47 Å². The maximum absolute atomic E-state index is 13.0. The maximum atomic E-state index is 13.0. The van der Waals surface area contributed by atoms with Crippen LogP contribution in [0, 0.1) is 0 Å². The van der Waals surface area contributed by atoms with Crippen molar-refractivity contribution in [1.82, 2.24) is 4.90 Å². The van der Waals surface area contributed by atoms with Crippen LogP contribution < -0.4 is 4.74 Å². The highest BCUT2D eigenvalue weighted by Crippen LogP contribution is 2.39. The first kappa shape index (κ1) is 19.2. The minimum absolute atomic E-state index is 0.230. The fourth-order valence-corrected chi connectivity index (χ4v) is 3.81. The van der Waals surface area contributed by atoms with E-state index in [4.69, 9.17) is 9.47 Å². The first-order valence-electron chi connectivity index (χ1n) is 8.71. The van der Waals surface area contributed by atoms with Crippen molar-refractivity contribution in [2.24, 2.45) is 0 Å². The lowest BCUT2D eigenvalue weighted by Gasteiger charge is -2.14. The molecule has 140 valence electrons. The second kappa shape index (κ2) is 8.88. The lowest BCUT2D eigenvalue weighted by molar-refractivity contribution is -0.137. The fraction of sp³-hybridized carbons (Fsp3) is 0.238. The Morgan fingerprint density at radius 1 is 0.963 bits per heavy atom. The molecular formula is C21H21NO4S. The molecule has 0 saturated carbocycles.